The van der Waals surface area contributed by atoms with E-state index in [0.717, 1.165) is 13.8 Å². The molecule has 0 bridgehead atoms. The minimum absolute atomic E-state index is 0.0932. The molecule has 0 saturated carbocycles. The average Bonchev–Trinajstić information content (AvgIpc) is 2.97. The van der Waals surface area contributed by atoms with E-state index in [0.29, 0.717) is 0 Å². The van der Waals surface area contributed by atoms with Gasteiger partial charge in [0.15, 0.2) is 43.3 Å². The number of hydrazine groups is 6. The van der Waals surface area contributed by atoms with Crippen molar-refractivity contribution in [1.29, 1.82) is 0 Å². The minimum atomic E-state index is -1.63. The molecule has 0 amide bonds. The second kappa shape index (κ2) is 16.5. The topological polar surface area (TPSA) is 374 Å². The van der Waals surface area contributed by atoms with Crippen LogP contribution in [0.3, 0.4) is 0 Å². The predicted octanol–water partition coefficient (Wildman–Crippen LogP) is -4.62. The van der Waals surface area contributed by atoms with Crippen LogP contribution in [-0.4, -0.2) is 173 Å². The fourth-order valence-corrected chi connectivity index (χ4v) is 4.77. The Morgan fingerprint density at radius 1 is 0.490 bits per heavy atom. The van der Waals surface area contributed by atoms with Crippen LogP contribution in [0.4, 0.5) is 0 Å². The van der Waals surface area contributed by atoms with E-state index in [4.69, 9.17) is 14.2 Å². The molecule has 33 heteroatoms. The number of rotatable bonds is 14. The standard InChI is InChI=1S/C18H30N14O19/c1-15(33)49-13-31(9-21(27(41)42)5-19(25(37)38)6-22(10-31)28(43)44)3-17(35)51-18(36)4-32(14-50-16(2)34)11-23(29(45)46)7-20(26(39)40)8-24(12-32)30(47)48/h3-14H2,1-2H3/q+2. The van der Waals surface area contributed by atoms with E-state index in [-0.39, 0.29) is 30.1 Å². The first-order chi connectivity index (χ1) is 23.6. The lowest BCUT2D eigenvalue weighted by atomic mass is 10.4. The van der Waals surface area contributed by atoms with Gasteiger partial charge in [0.1, 0.15) is 0 Å². The molecule has 0 atom stereocenters. The van der Waals surface area contributed by atoms with Gasteiger partial charge in [-0.3, -0.25) is 9.59 Å². The van der Waals surface area contributed by atoms with Crippen LogP contribution in [0.2, 0.25) is 0 Å². The lowest BCUT2D eigenvalue weighted by Crippen LogP contribution is -2.68. The Kier molecular flexibility index (Phi) is 13.1. The molecule has 51 heavy (non-hydrogen) atoms. The van der Waals surface area contributed by atoms with Crippen LogP contribution in [0.5, 0.6) is 0 Å². The van der Waals surface area contributed by atoms with Crippen molar-refractivity contribution in [1.82, 2.24) is 30.1 Å². The summed E-state index contributed by atoms with van der Waals surface area (Å²) in [7, 11) is 0. The van der Waals surface area contributed by atoms with Crippen LogP contribution in [0.1, 0.15) is 13.8 Å². The zero-order valence-electron chi connectivity index (χ0n) is 26.5. The highest BCUT2D eigenvalue weighted by atomic mass is 16.7. The quantitative estimate of drug-likeness (QED) is 0.0403. The molecule has 2 aliphatic rings. The summed E-state index contributed by atoms with van der Waals surface area (Å²) in [5, 5.41) is 63.8. The third-order valence-corrected chi connectivity index (χ3v) is 6.78. The van der Waals surface area contributed by atoms with Gasteiger partial charge in [-0.05, 0) is 20.0 Å². The van der Waals surface area contributed by atoms with E-state index < -0.39 is 143 Å². The van der Waals surface area contributed by atoms with Crippen LogP contribution >= 0.6 is 0 Å². The summed E-state index contributed by atoms with van der Waals surface area (Å²) >= 11 is 0. The predicted molar refractivity (Wildman–Crippen MR) is 147 cm³/mol. The molecule has 0 radical (unpaired) electrons. The van der Waals surface area contributed by atoms with Crippen molar-refractivity contribution in [2.24, 2.45) is 0 Å². The van der Waals surface area contributed by atoms with Crippen molar-refractivity contribution in [2.75, 3.05) is 79.9 Å². The molecule has 2 heterocycles. The Labute approximate surface area is 281 Å². The molecule has 284 valence electrons. The van der Waals surface area contributed by atoms with Gasteiger partial charge in [-0.25, -0.2) is 79.2 Å². The van der Waals surface area contributed by atoms with Crippen molar-refractivity contribution < 1.29 is 72.5 Å². The minimum Gasteiger partial charge on any atom is -0.415 e. The van der Waals surface area contributed by atoms with Crippen LogP contribution in [0, 0.1) is 60.7 Å². The number of esters is 4. The summed E-state index contributed by atoms with van der Waals surface area (Å²) < 4.78 is 12.0. The van der Waals surface area contributed by atoms with Gasteiger partial charge in [-0.1, -0.05) is 10.0 Å². The summed E-state index contributed by atoms with van der Waals surface area (Å²) in [5.74, 6) is -5.33. The maximum absolute atomic E-state index is 13.2. The van der Waals surface area contributed by atoms with Gasteiger partial charge < -0.3 is 14.2 Å². The molecule has 0 aromatic heterocycles. The Morgan fingerprint density at radius 2 is 0.725 bits per heavy atom. The van der Waals surface area contributed by atoms with E-state index in [1.54, 1.807) is 0 Å². The van der Waals surface area contributed by atoms with Gasteiger partial charge in [0.25, 0.3) is 0 Å². The van der Waals surface area contributed by atoms with E-state index in [2.05, 4.69) is 0 Å². The van der Waals surface area contributed by atoms with Crippen molar-refractivity contribution in [3.8, 4) is 0 Å². The molecule has 0 aromatic carbocycles. The van der Waals surface area contributed by atoms with Gasteiger partial charge >= 0.3 is 23.9 Å². The molecule has 2 saturated heterocycles. The maximum atomic E-state index is 13.2. The smallest absolute Gasteiger partial charge is 0.369 e. The summed E-state index contributed by atoms with van der Waals surface area (Å²) in [6.07, 6.45) is 0. The molecule has 0 aromatic rings. The van der Waals surface area contributed by atoms with E-state index in [9.17, 15) is 79.9 Å². The lowest BCUT2D eigenvalue weighted by molar-refractivity contribution is -0.996. The van der Waals surface area contributed by atoms with E-state index in [1.165, 1.54) is 0 Å². The molecule has 0 aliphatic carbocycles. The van der Waals surface area contributed by atoms with Gasteiger partial charge in [0.05, 0.1) is 0 Å². The Bertz CT molecular complexity index is 1290. The number of nitro groups is 6. The van der Waals surface area contributed by atoms with Crippen LogP contribution < -0.4 is 0 Å². The number of carbonyl (C=O) groups is 4. The number of ether oxygens (including phenoxy) is 3. The first kappa shape index (κ1) is 40.4. The van der Waals surface area contributed by atoms with Gasteiger partial charge in [0, 0.05) is 13.8 Å². The molecule has 0 unspecified atom stereocenters. The largest absolute Gasteiger partial charge is 0.415 e. The number of hydrogen-bond acceptors (Lipinski definition) is 19. The second-order valence-electron chi connectivity index (χ2n) is 11.0. The summed E-state index contributed by atoms with van der Waals surface area (Å²) in [5.41, 5.74) is 0. The average molecular weight is 747 g/mol. The fraction of sp³-hybridized carbons (Fsp3) is 0.778. The second-order valence-corrected chi connectivity index (χ2v) is 11.0. The summed E-state index contributed by atoms with van der Waals surface area (Å²) in [6.45, 7) is -12.0. The van der Waals surface area contributed by atoms with Crippen LogP contribution in [-0.2, 0) is 33.4 Å². The molecule has 2 rings (SSSR count). The van der Waals surface area contributed by atoms with Gasteiger partial charge in [-0.2, -0.15) is 0 Å². The monoisotopic (exact) mass is 746 g/mol. The summed E-state index contributed by atoms with van der Waals surface area (Å²) in [6, 6.07) is 0. The highest BCUT2D eigenvalue weighted by molar-refractivity contribution is 5.86. The summed E-state index contributed by atoms with van der Waals surface area (Å²) in [4.78, 5) is 120. The van der Waals surface area contributed by atoms with Crippen molar-refractivity contribution >= 4 is 23.9 Å². The molecule has 2 fully saturated rings. The Balaban J connectivity index is 2.50. The Morgan fingerprint density at radius 3 is 0.922 bits per heavy atom. The van der Waals surface area contributed by atoms with Gasteiger partial charge in [0.2, 0.25) is 66.8 Å². The van der Waals surface area contributed by atoms with Crippen molar-refractivity contribution in [3.63, 3.8) is 0 Å². The van der Waals surface area contributed by atoms with Crippen LogP contribution in [0.15, 0.2) is 0 Å². The molecule has 0 spiro atoms. The number of carbonyl (C=O) groups excluding carboxylic acids is 4. The molecule has 33 nitrogen and oxygen atoms in total. The third-order valence-electron chi connectivity index (χ3n) is 6.78. The van der Waals surface area contributed by atoms with Crippen molar-refractivity contribution in [3.05, 3.63) is 60.7 Å². The Hall–Kier alpha value is -6.80. The van der Waals surface area contributed by atoms with Gasteiger partial charge in [-0.15, -0.1) is 0 Å². The van der Waals surface area contributed by atoms with Crippen molar-refractivity contribution in [2.45, 2.75) is 13.8 Å². The van der Waals surface area contributed by atoms with E-state index in [1.807, 2.05) is 0 Å². The zero-order valence-corrected chi connectivity index (χ0v) is 26.5. The molecular weight excluding hydrogens is 716 g/mol. The third kappa shape index (κ3) is 11.7. The first-order valence-electron chi connectivity index (χ1n) is 13.6. The molecular formula is C18H30N14O19+2. The molecule has 0 N–H and O–H groups in total. The van der Waals surface area contributed by atoms with Crippen LogP contribution in [0.25, 0.3) is 0 Å². The number of hydrogen-bond donors (Lipinski definition) is 0. The fourth-order valence-electron chi connectivity index (χ4n) is 4.77. The first-order valence-corrected chi connectivity index (χ1v) is 13.6. The highest BCUT2D eigenvalue weighted by Crippen LogP contribution is 2.20. The zero-order chi connectivity index (χ0) is 38.8. The molecule has 2 aliphatic heterocycles. The number of quaternary nitrogens is 2. The van der Waals surface area contributed by atoms with E-state index >= 15 is 0 Å². The lowest BCUT2D eigenvalue weighted by Gasteiger charge is -2.40. The maximum Gasteiger partial charge on any atom is 0.369 e. The highest BCUT2D eigenvalue weighted by Gasteiger charge is 2.50. The SMILES string of the molecule is CC(=O)OC[N+]1(CC(=O)OC(=O)C[N+]2(COC(C)=O)CN([N+](=O)[O-])CN([N+](=O)[O-])CN([N+](=O)[O-])C2)CN([N+](=O)[O-])CN([N+](=O)[O-])CN([N+](=O)[O-])C1. The normalized spacial score (nSPS) is 17.5. The number of nitrogens with zero attached hydrogens (tertiary/aromatic N) is 14.